The Kier molecular flexibility index (Phi) is 4.60. The highest BCUT2D eigenvalue weighted by Crippen LogP contribution is 2.22. The van der Waals surface area contributed by atoms with E-state index >= 15 is 0 Å². The van der Waals surface area contributed by atoms with Crippen molar-refractivity contribution >= 4 is 27.6 Å². The molecule has 1 aromatic rings. The summed E-state index contributed by atoms with van der Waals surface area (Å²) in [6, 6.07) is 8.50. The molecule has 1 fully saturated rings. The van der Waals surface area contributed by atoms with E-state index in [0.717, 1.165) is 30.4 Å². The van der Waals surface area contributed by atoms with Crippen molar-refractivity contribution in [3.8, 4) is 0 Å². The lowest BCUT2D eigenvalue weighted by Gasteiger charge is -2.34. The first-order valence-electron chi connectivity index (χ1n) is 6.11. The van der Waals surface area contributed by atoms with Crippen LogP contribution in [0.25, 0.3) is 0 Å². The Bertz CT molecular complexity index is 408. The molecule has 4 nitrogen and oxygen atoms in total. The minimum absolute atomic E-state index is 0.0405. The maximum Gasteiger partial charge on any atom is 0.317 e. The van der Waals surface area contributed by atoms with Gasteiger partial charge in [-0.05, 0) is 37.1 Å². The van der Waals surface area contributed by atoms with Gasteiger partial charge in [-0.15, -0.1) is 0 Å². The van der Waals surface area contributed by atoms with E-state index in [0.29, 0.717) is 0 Å². The van der Waals surface area contributed by atoms with Crippen LogP contribution in [-0.2, 0) is 4.79 Å². The summed E-state index contributed by atoms with van der Waals surface area (Å²) in [5.74, 6) is -0.796. The highest BCUT2D eigenvalue weighted by molar-refractivity contribution is 9.10. The van der Waals surface area contributed by atoms with Crippen LogP contribution >= 0.6 is 15.9 Å². The number of rotatable bonds is 4. The number of carboxylic acids is 1. The van der Waals surface area contributed by atoms with E-state index in [1.165, 1.54) is 5.69 Å². The summed E-state index contributed by atoms with van der Waals surface area (Å²) in [5, 5.41) is 11.8. The maximum absolute atomic E-state index is 10.5. The van der Waals surface area contributed by atoms with Crippen molar-refractivity contribution in [1.82, 2.24) is 5.32 Å². The van der Waals surface area contributed by atoms with Gasteiger partial charge in [0.15, 0.2) is 0 Å². The van der Waals surface area contributed by atoms with E-state index in [4.69, 9.17) is 5.11 Å². The molecule has 1 aromatic carbocycles. The van der Waals surface area contributed by atoms with Crippen LogP contribution in [0.1, 0.15) is 12.8 Å². The number of aliphatic carboxylic acids is 1. The number of benzene rings is 1. The third-order valence-corrected chi connectivity index (χ3v) is 3.68. The average Bonchev–Trinajstić information content (AvgIpc) is 2.37. The van der Waals surface area contributed by atoms with Crippen molar-refractivity contribution in [3.05, 3.63) is 28.7 Å². The summed E-state index contributed by atoms with van der Waals surface area (Å²) >= 11 is 3.43. The number of nitrogens with zero attached hydrogens (tertiary/aromatic N) is 1. The van der Waals surface area contributed by atoms with Crippen LogP contribution in [0.3, 0.4) is 0 Å². The van der Waals surface area contributed by atoms with Gasteiger partial charge < -0.3 is 15.3 Å². The molecule has 1 saturated heterocycles. The van der Waals surface area contributed by atoms with Gasteiger partial charge in [0.05, 0.1) is 6.54 Å². The van der Waals surface area contributed by atoms with Crippen molar-refractivity contribution in [3.63, 3.8) is 0 Å². The second-order valence-corrected chi connectivity index (χ2v) is 5.45. The molecule has 0 amide bonds. The van der Waals surface area contributed by atoms with Crippen molar-refractivity contribution < 1.29 is 9.90 Å². The smallest absolute Gasteiger partial charge is 0.317 e. The summed E-state index contributed by atoms with van der Waals surface area (Å²) in [7, 11) is 0. The van der Waals surface area contributed by atoms with Gasteiger partial charge in [-0.3, -0.25) is 4.79 Å². The standard InChI is InChI=1S/C13H17BrN2O2/c14-10-3-5-12(6-4-10)16-7-1-2-11(9-16)15-8-13(17)18/h3-6,11,15H,1-2,7-9H2,(H,17,18). The Morgan fingerprint density at radius 3 is 2.83 bits per heavy atom. The number of piperidine rings is 1. The number of anilines is 1. The molecule has 1 unspecified atom stereocenters. The number of halogens is 1. The van der Waals surface area contributed by atoms with Crippen LogP contribution in [0.2, 0.25) is 0 Å². The minimum atomic E-state index is -0.796. The molecule has 0 spiro atoms. The number of carbonyl (C=O) groups is 1. The summed E-state index contributed by atoms with van der Waals surface area (Å²) in [4.78, 5) is 12.9. The van der Waals surface area contributed by atoms with Gasteiger partial charge in [0.2, 0.25) is 0 Å². The van der Waals surface area contributed by atoms with Crippen LogP contribution in [-0.4, -0.2) is 36.8 Å². The van der Waals surface area contributed by atoms with Crippen molar-refractivity contribution in [2.45, 2.75) is 18.9 Å². The van der Waals surface area contributed by atoms with E-state index in [2.05, 4.69) is 38.3 Å². The second kappa shape index (κ2) is 6.20. The molecule has 5 heteroatoms. The maximum atomic E-state index is 10.5. The normalized spacial score (nSPS) is 19.8. The fourth-order valence-electron chi connectivity index (χ4n) is 2.26. The third kappa shape index (κ3) is 3.71. The molecule has 0 saturated carbocycles. The Morgan fingerprint density at radius 1 is 1.44 bits per heavy atom. The zero-order valence-corrected chi connectivity index (χ0v) is 11.7. The summed E-state index contributed by atoms with van der Waals surface area (Å²) in [5.41, 5.74) is 1.19. The monoisotopic (exact) mass is 312 g/mol. The Morgan fingerprint density at radius 2 is 2.17 bits per heavy atom. The Hall–Kier alpha value is -1.07. The molecule has 1 aliphatic heterocycles. The van der Waals surface area contributed by atoms with Crippen LogP contribution in [0.5, 0.6) is 0 Å². The predicted octanol–water partition coefficient (Wildman–Crippen LogP) is 2.09. The first kappa shape index (κ1) is 13.4. The van der Waals surface area contributed by atoms with Gasteiger partial charge >= 0.3 is 5.97 Å². The lowest BCUT2D eigenvalue weighted by atomic mass is 10.0. The number of hydrogen-bond acceptors (Lipinski definition) is 3. The molecule has 0 radical (unpaired) electrons. The Balaban J connectivity index is 1.93. The summed E-state index contributed by atoms with van der Waals surface area (Å²) in [6.45, 7) is 1.95. The zero-order valence-electron chi connectivity index (χ0n) is 10.1. The number of hydrogen-bond donors (Lipinski definition) is 2. The van der Waals surface area contributed by atoms with Gasteiger partial charge in [-0.2, -0.15) is 0 Å². The van der Waals surface area contributed by atoms with Crippen LogP contribution in [0.4, 0.5) is 5.69 Å². The topological polar surface area (TPSA) is 52.6 Å². The zero-order chi connectivity index (χ0) is 13.0. The summed E-state index contributed by atoms with van der Waals surface area (Å²) in [6.07, 6.45) is 2.13. The van der Waals surface area contributed by atoms with E-state index < -0.39 is 5.97 Å². The molecular formula is C13H17BrN2O2. The van der Waals surface area contributed by atoms with Gasteiger partial charge in [0.25, 0.3) is 0 Å². The quantitative estimate of drug-likeness (QED) is 0.894. The van der Waals surface area contributed by atoms with E-state index in [1.807, 2.05) is 12.1 Å². The van der Waals surface area contributed by atoms with Gasteiger partial charge in [0, 0.05) is 29.3 Å². The fraction of sp³-hybridized carbons (Fsp3) is 0.462. The van der Waals surface area contributed by atoms with Crippen molar-refractivity contribution in [1.29, 1.82) is 0 Å². The molecule has 18 heavy (non-hydrogen) atoms. The minimum Gasteiger partial charge on any atom is -0.480 e. The van der Waals surface area contributed by atoms with Gasteiger partial charge in [-0.1, -0.05) is 15.9 Å². The molecule has 0 aromatic heterocycles. The lowest BCUT2D eigenvalue weighted by Crippen LogP contribution is -2.47. The number of nitrogens with one attached hydrogen (secondary N) is 1. The number of carboxylic acid groups (broad SMARTS) is 1. The molecule has 0 aliphatic carbocycles. The predicted molar refractivity (Wildman–Crippen MR) is 75.0 cm³/mol. The molecule has 98 valence electrons. The third-order valence-electron chi connectivity index (χ3n) is 3.16. The van der Waals surface area contributed by atoms with Crippen LogP contribution < -0.4 is 10.2 Å². The molecule has 1 aliphatic rings. The SMILES string of the molecule is O=C(O)CNC1CCCN(c2ccc(Br)cc2)C1. The highest BCUT2D eigenvalue weighted by Gasteiger charge is 2.20. The lowest BCUT2D eigenvalue weighted by molar-refractivity contribution is -0.136. The highest BCUT2D eigenvalue weighted by atomic mass is 79.9. The van der Waals surface area contributed by atoms with Gasteiger partial charge in [-0.25, -0.2) is 0 Å². The van der Waals surface area contributed by atoms with Crippen molar-refractivity contribution in [2.75, 3.05) is 24.5 Å². The molecule has 1 atom stereocenters. The Labute approximate surface area is 115 Å². The molecular weight excluding hydrogens is 296 g/mol. The largest absolute Gasteiger partial charge is 0.480 e. The van der Waals surface area contributed by atoms with Crippen molar-refractivity contribution in [2.24, 2.45) is 0 Å². The van der Waals surface area contributed by atoms with E-state index in [9.17, 15) is 4.79 Å². The molecule has 0 bridgehead atoms. The van der Waals surface area contributed by atoms with Gasteiger partial charge in [0.1, 0.15) is 0 Å². The summed E-state index contributed by atoms with van der Waals surface area (Å²) < 4.78 is 1.07. The first-order valence-corrected chi connectivity index (χ1v) is 6.90. The second-order valence-electron chi connectivity index (χ2n) is 4.54. The first-order chi connectivity index (χ1) is 8.65. The fourth-order valence-corrected chi connectivity index (χ4v) is 2.53. The molecule has 1 heterocycles. The molecule has 2 N–H and O–H groups in total. The molecule has 2 rings (SSSR count). The van der Waals surface area contributed by atoms with E-state index in [-0.39, 0.29) is 12.6 Å². The average molecular weight is 313 g/mol. The van der Waals surface area contributed by atoms with Crippen LogP contribution in [0.15, 0.2) is 28.7 Å². The van der Waals surface area contributed by atoms with Crippen LogP contribution in [0, 0.1) is 0 Å². The van der Waals surface area contributed by atoms with E-state index in [1.54, 1.807) is 0 Å².